The molecule has 0 spiro atoms. The highest BCUT2D eigenvalue weighted by Crippen LogP contribution is 2.39. The summed E-state index contributed by atoms with van der Waals surface area (Å²) in [6.07, 6.45) is -0.469. The van der Waals surface area contributed by atoms with Gasteiger partial charge in [-0.3, -0.25) is 9.59 Å². The van der Waals surface area contributed by atoms with Crippen LogP contribution < -0.4 is 11.5 Å². The highest BCUT2D eigenvalue weighted by atomic mass is 16.5. The first-order valence-corrected chi connectivity index (χ1v) is 7.84. The van der Waals surface area contributed by atoms with E-state index in [1.807, 2.05) is 0 Å². The Hall–Kier alpha value is -3.66. The number of esters is 1. The van der Waals surface area contributed by atoms with Crippen LogP contribution in [0.2, 0.25) is 0 Å². The molecule has 0 atom stereocenters. The summed E-state index contributed by atoms with van der Waals surface area (Å²) in [4.78, 5) is 38.2. The van der Waals surface area contributed by atoms with E-state index in [1.54, 1.807) is 32.0 Å². The van der Waals surface area contributed by atoms with Gasteiger partial charge in [0, 0.05) is 11.1 Å². The molecule has 0 radical (unpaired) electrons. The number of rotatable bonds is 2. The van der Waals surface area contributed by atoms with E-state index in [0.29, 0.717) is 0 Å². The van der Waals surface area contributed by atoms with Gasteiger partial charge in [-0.15, -0.1) is 0 Å². The minimum absolute atomic E-state index is 0.149. The van der Waals surface area contributed by atoms with Crippen LogP contribution in [-0.4, -0.2) is 23.6 Å². The van der Waals surface area contributed by atoms with E-state index in [4.69, 9.17) is 16.2 Å². The molecule has 0 fully saturated rings. The first kappa shape index (κ1) is 17.2. The van der Waals surface area contributed by atoms with Crippen LogP contribution in [-0.2, 0) is 4.74 Å². The second-order valence-electron chi connectivity index (χ2n) is 6.10. The van der Waals surface area contributed by atoms with E-state index < -0.39 is 23.6 Å². The van der Waals surface area contributed by atoms with Crippen LogP contribution in [0.25, 0.3) is 0 Å². The van der Waals surface area contributed by atoms with Gasteiger partial charge < -0.3 is 16.2 Å². The zero-order valence-corrected chi connectivity index (χ0v) is 14.1. The number of nitrogens with zero attached hydrogens (tertiary/aromatic N) is 1. The molecule has 2 aromatic rings. The second-order valence-corrected chi connectivity index (χ2v) is 6.10. The van der Waals surface area contributed by atoms with Gasteiger partial charge in [0.05, 0.1) is 34.2 Å². The summed E-state index contributed by atoms with van der Waals surface area (Å²) >= 11 is 0. The molecule has 0 amide bonds. The van der Waals surface area contributed by atoms with Crippen LogP contribution in [0.1, 0.15) is 61.6 Å². The Bertz CT molecular complexity index is 1030. The normalized spacial score (nSPS) is 12.4. The number of anilines is 2. The lowest BCUT2D eigenvalue weighted by molar-refractivity contribution is 0.0378. The first-order valence-electron chi connectivity index (χ1n) is 7.84. The van der Waals surface area contributed by atoms with Crippen LogP contribution in [0.4, 0.5) is 11.4 Å². The van der Waals surface area contributed by atoms with Gasteiger partial charge in [-0.2, -0.15) is 5.26 Å². The Morgan fingerprint density at radius 1 is 1.04 bits per heavy atom. The molecule has 26 heavy (non-hydrogen) atoms. The monoisotopic (exact) mass is 349 g/mol. The molecule has 0 saturated heterocycles. The molecule has 0 heterocycles. The molecule has 7 nitrogen and oxygen atoms in total. The number of nitrogen functional groups attached to an aromatic ring is 2. The number of ketones is 2. The Balaban J connectivity index is 2.37. The van der Waals surface area contributed by atoms with Crippen molar-refractivity contribution in [2.45, 2.75) is 20.0 Å². The third-order valence-electron chi connectivity index (χ3n) is 4.11. The lowest BCUT2D eigenvalue weighted by Crippen LogP contribution is -2.27. The van der Waals surface area contributed by atoms with Crippen molar-refractivity contribution in [3.63, 3.8) is 0 Å². The van der Waals surface area contributed by atoms with Crippen molar-refractivity contribution in [3.05, 3.63) is 57.6 Å². The molecule has 0 bridgehead atoms. The van der Waals surface area contributed by atoms with Gasteiger partial charge in [-0.1, -0.05) is 24.3 Å². The number of hydrogen-bond donors (Lipinski definition) is 2. The summed E-state index contributed by atoms with van der Waals surface area (Å²) in [5, 5.41) is 9.47. The Kier molecular flexibility index (Phi) is 3.97. The highest BCUT2D eigenvalue weighted by Gasteiger charge is 2.37. The summed E-state index contributed by atoms with van der Waals surface area (Å²) in [6.45, 7) is 3.26. The maximum atomic E-state index is 12.9. The second kappa shape index (κ2) is 6.01. The zero-order chi connectivity index (χ0) is 19.2. The van der Waals surface area contributed by atoms with Crippen LogP contribution in [0.3, 0.4) is 0 Å². The van der Waals surface area contributed by atoms with E-state index >= 15 is 0 Å². The molecule has 3 rings (SSSR count). The fourth-order valence-corrected chi connectivity index (χ4v) is 3.01. The fourth-order valence-electron chi connectivity index (χ4n) is 3.01. The van der Waals surface area contributed by atoms with Gasteiger partial charge in [0.25, 0.3) is 0 Å². The molecule has 0 unspecified atom stereocenters. The van der Waals surface area contributed by atoms with Crippen LogP contribution in [0, 0.1) is 11.3 Å². The predicted octanol–water partition coefficient (Wildman–Crippen LogP) is 2.06. The average Bonchev–Trinajstić information content (AvgIpc) is 2.60. The largest absolute Gasteiger partial charge is 0.459 e. The highest BCUT2D eigenvalue weighted by molar-refractivity contribution is 6.33. The fraction of sp³-hybridized carbons (Fsp3) is 0.158. The lowest BCUT2D eigenvalue weighted by atomic mass is 9.80. The quantitative estimate of drug-likeness (QED) is 0.533. The lowest BCUT2D eigenvalue weighted by Gasteiger charge is -2.23. The van der Waals surface area contributed by atoms with Crippen molar-refractivity contribution in [1.82, 2.24) is 0 Å². The van der Waals surface area contributed by atoms with Crippen molar-refractivity contribution >= 4 is 28.9 Å². The maximum Gasteiger partial charge on any atom is 0.341 e. The number of hydrogen-bond acceptors (Lipinski definition) is 7. The number of fused-ring (bicyclic) bond motifs is 2. The molecular weight excluding hydrogens is 334 g/mol. The molecular formula is C19H15N3O4. The molecule has 2 aromatic carbocycles. The van der Waals surface area contributed by atoms with Gasteiger partial charge in [-0.05, 0) is 13.8 Å². The number of nitriles is 1. The number of carbonyl (C=O) groups excluding carboxylic acids is 3. The zero-order valence-electron chi connectivity index (χ0n) is 14.1. The SMILES string of the molecule is CC(C)OC(=O)c1c(N)c2c(c(N)c1C#N)C(=O)c1ccccc1C2=O. The number of benzene rings is 2. The van der Waals surface area contributed by atoms with Crippen molar-refractivity contribution in [2.24, 2.45) is 0 Å². The number of carbonyl (C=O) groups is 3. The topological polar surface area (TPSA) is 136 Å². The smallest absolute Gasteiger partial charge is 0.341 e. The van der Waals surface area contributed by atoms with E-state index in [2.05, 4.69) is 0 Å². The van der Waals surface area contributed by atoms with Crippen LogP contribution in [0.5, 0.6) is 0 Å². The number of ether oxygens (including phenoxy) is 1. The first-order chi connectivity index (χ1) is 12.3. The maximum absolute atomic E-state index is 12.9. The summed E-state index contributed by atoms with van der Waals surface area (Å²) in [5.41, 5.74) is 11.0. The molecule has 4 N–H and O–H groups in total. The van der Waals surface area contributed by atoms with Crippen molar-refractivity contribution in [2.75, 3.05) is 11.5 Å². The third kappa shape index (κ3) is 2.31. The van der Waals surface area contributed by atoms with Gasteiger partial charge in [0.1, 0.15) is 11.6 Å². The Morgan fingerprint density at radius 3 is 2.00 bits per heavy atom. The average molecular weight is 349 g/mol. The van der Waals surface area contributed by atoms with Gasteiger partial charge >= 0.3 is 5.97 Å². The summed E-state index contributed by atoms with van der Waals surface area (Å²) < 4.78 is 5.12. The van der Waals surface area contributed by atoms with Crippen molar-refractivity contribution < 1.29 is 19.1 Å². The standard InChI is InChI=1S/C19H15N3O4/c1-8(2)26-19(25)12-11(7-20)15(21)13-14(16(12)22)18(24)10-6-4-3-5-9(10)17(13)23/h3-6,8H,21-22H2,1-2H3. The molecule has 1 aliphatic carbocycles. The third-order valence-corrected chi connectivity index (χ3v) is 4.11. The Labute approximate surface area is 149 Å². The van der Waals surface area contributed by atoms with E-state index in [9.17, 15) is 19.6 Å². The van der Waals surface area contributed by atoms with Crippen molar-refractivity contribution in [1.29, 1.82) is 5.26 Å². The minimum Gasteiger partial charge on any atom is -0.459 e. The Morgan fingerprint density at radius 2 is 1.54 bits per heavy atom. The molecule has 0 saturated carbocycles. The van der Waals surface area contributed by atoms with Crippen molar-refractivity contribution in [3.8, 4) is 6.07 Å². The molecule has 0 aromatic heterocycles. The molecule has 0 aliphatic heterocycles. The summed E-state index contributed by atoms with van der Waals surface area (Å²) in [5.74, 6) is -1.91. The summed E-state index contributed by atoms with van der Waals surface area (Å²) in [6, 6.07) is 8.03. The van der Waals surface area contributed by atoms with Crippen LogP contribution >= 0.6 is 0 Å². The molecule has 1 aliphatic rings. The van der Waals surface area contributed by atoms with Gasteiger partial charge in [0.2, 0.25) is 0 Å². The van der Waals surface area contributed by atoms with E-state index in [0.717, 1.165) is 0 Å². The van der Waals surface area contributed by atoms with Crippen LogP contribution in [0.15, 0.2) is 24.3 Å². The predicted molar refractivity (Wildman–Crippen MR) is 93.8 cm³/mol. The van der Waals surface area contributed by atoms with E-state index in [-0.39, 0.29) is 44.8 Å². The van der Waals surface area contributed by atoms with Gasteiger partial charge in [0.15, 0.2) is 11.6 Å². The molecule has 7 heteroatoms. The molecule has 130 valence electrons. The van der Waals surface area contributed by atoms with E-state index in [1.165, 1.54) is 12.1 Å². The van der Waals surface area contributed by atoms with Gasteiger partial charge in [-0.25, -0.2) is 4.79 Å². The minimum atomic E-state index is -0.873. The number of nitrogens with two attached hydrogens (primary N) is 2. The summed E-state index contributed by atoms with van der Waals surface area (Å²) in [7, 11) is 0.